The fourth-order valence-electron chi connectivity index (χ4n) is 2.53. The lowest BCUT2D eigenvalue weighted by Gasteiger charge is -2.05. The molecule has 0 aliphatic carbocycles. The number of pyridine rings is 1. The minimum atomic E-state index is 0.504. The third-order valence-electron chi connectivity index (χ3n) is 4.05. The number of aromatic nitrogens is 4. The van der Waals surface area contributed by atoms with Gasteiger partial charge in [0.15, 0.2) is 0 Å². The minimum absolute atomic E-state index is 0.504. The molecule has 7 heteroatoms. The van der Waals surface area contributed by atoms with Crippen molar-refractivity contribution >= 4 is 23.1 Å². The van der Waals surface area contributed by atoms with Crippen LogP contribution in [0.15, 0.2) is 63.8 Å². The lowest BCUT2D eigenvalue weighted by Crippen LogP contribution is -1.87. The van der Waals surface area contributed by atoms with Crippen molar-refractivity contribution < 1.29 is 4.42 Å². The number of hydrogen-bond donors (Lipinski definition) is 0. The molecule has 27 heavy (non-hydrogen) atoms. The van der Waals surface area contributed by atoms with E-state index in [1.165, 1.54) is 17.3 Å². The highest BCUT2D eigenvalue weighted by atomic mass is 32.2. The number of benzene rings is 1. The Labute approximate surface area is 165 Å². The first-order chi connectivity index (χ1) is 13.2. The van der Waals surface area contributed by atoms with Crippen LogP contribution in [0.25, 0.3) is 22.0 Å². The van der Waals surface area contributed by atoms with Crippen LogP contribution in [0.4, 0.5) is 0 Å². The van der Waals surface area contributed by atoms with Crippen molar-refractivity contribution in [2.75, 3.05) is 0 Å². The minimum Gasteiger partial charge on any atom is -0.411 e. The van der Waals surface area contributed by atoms with Gasteiger partial charge in [-0.1, -0.05) is 49.9 Å². The Morgan fingerprint density at radius 3 is 2.52 bits per heavy atom. The summed E-state index contributed by atoms with van der Waals surface area (Å²) in [5.74, 6) is 1.73. The van der Waals surface area contributed by atoms with Crippen molar-refractivity contribution in [3.63, 3.8) is 0 Å². The van der Waals surface area contributed by atoms with Crippen LogP contribution in [0.5, 0.6) is 0 Å². The molecule has 4 aromatic rings. The summed E-state index contributed by atoms with van der Waals surface area (Å²) in [5.41, 5.74) is 4.37. The van der Waals surface area contributed by atoms with Crippen LogP contribution in [-0.4, -0.2) is 20.2 Å². The highest BCUT2D eigenvalue weighted by Crippen LogP contribution is 2.29. The average Bonchev–Trinajstić information content (AvgIpc) is 3.37. The van der Waals surface area contributed by atoms with Crippen molar-refractivity contribution in [3.8, 4) is 22.0 Å². The number of rotatable bonds is 6. The Morgan fingerprint density at radius 1 is 1.00 bits per heavy atom. The van der Waals surface area contributed by atoms with Crippen LogP contribution < -0.4 is 0 Å². The number of hydrogen-bond acceptors (Lipinski definition) is 7. The molecule has 0 spiro atoms. The maximum Gasteiger partial charge on any atom is 0.277 e. The molecular formula is C20H18N4OS2. The smallest absolute Gasteiger partial charge is 0.277 e. The zero-order valence-electron chi connectivity index (χ0n) is 15.0. The van der Waals surface area contributed by atoms with Crippen molar-refractivity contribution in [2.45, 2.75) is 30.7 Å². The van der Waals surface area contributed by atoms with Crippen LogP contribution in [0.3, 0.4) is 0 Å². The average molecular weight is 395 g/mol. The molecule has 3 aromatic heterocycles. The van der Waals surface area contributed by atoms with Crippen molar-refractivity contribution in [2.24, 2.45) is 0 Å². The number of thioether (sulfide) groups is 1. The van der Waals surface area contributed by atoms with E-state index in [2.05, 4.69) is 58.7 Å². The molecule has 3 heterocycles. The Balaban J connectivity index is 1.41. The molecule has 0 atom stereocenters. The van der Waals surface area contributed by atoms with E-state index in [1.54, 1.807) is 23.7 Å². The zero-order chi connectivity index (χ0) is 18.6. The summed E-state index contributed by atoms with van der Waals surface area (Å²) in [4.78, 5) is 8.73. The Kier molecular flexibility index (Phi) is 5.31. The van der Waals surface area contributed by atoms with E-state index in [0.717, 1.165) is 21.8 Å². The SMILES string of the molecule is CC(C)c1ccc(-c2nc(CSc3nnc(-c4ccncc4)o3)cs2)cc1. The molecule has 1 aromatic carbocycles. The first-order valence-corrected chi connectivity index (χ1v) is 10.5. The van der Waals surface area contributed by atoms with Crippen LogP contribution in [0.2, 0.25) is 0 Å². The highest BCUT2D eigenvalue weighted by molar-refractivity contribution is 7.98. The van der Waals surface area contributed by atoms with Gasteiger partial charge in [-0.05, 0) is 23.6 Å². The number of nitrogens with zero attached hydrogens (tertiary/aromatic N) is 4. The summed E-state index contributed by atoms with van der Waals surface area (Å²) in [6.07, 6.45) is 3.41. The van der Waals surface area contributed by atoms with Gasteiger partial charge in [-0.25, -0.2) is 4.98 Å². The maximum absolute atomic E-state index is 5.71. The van der Waals surface area contributed by atoms with Crippen LogP contribution in [-0.2, 0) is 5.75 Å². The monoisotopic (exact) mass is 394 g/mol. The van der Waals surface area contributed by atoms with Gasteiger partial charge in [0, 0.05) is 34.7 Å². The van der Waals surface area contributed by atoms with E-state index in [9.17, 15) is 0 Å². The van der Waals surface area contributed by atoms with Gasteiger partial charge in [-0.2, -0.15) is 0 Å². The lowest BCUT2D eigenvalue weighted by molar-refractivity contribution is 0.465. The molecule has 0 bridgehead atoms. The molecule has 136 valence electrons. The summed E-state index contributed by atoms with van der Waals surface area (Å²) in [6, 6.07) is 12.3. The van der Waals surface area contributed by atoms with E-state index < -0.39 is 0 Å². The topological polar surface area (TPSA) is 64.7 Å². The third-order valence-corrected chi connectivity index (χ3v) is 5.85. The first-order valence-electron chi connectivity index (χ1n) is 8.60. The Hall–Kier alpha value is -2.51. The molecule has 0 N–H and O–H groups in total. The van der Waals surface area contributed by atoms with E-state index in [4.69, 9.17) is 9.40 Å². The molecule has 0 fully saturated rings. The van der Waals surface area contributed by atoms with Crippen molar-refractivity contribution in [3.05, 3.63) is 65.4 Å². The molecule has 0 saturated carbocycles. The molecule has 4 rings (SSSR count). The van der Waals surface area contributed by atoms with Gasteiger partial charge < -0.3 is 4.42 Å². The molecule has 0 amide bonds. The molecule has 0 aliphatic rings. The second kappa shape index (κ2) is 8.02. The van der Waals surface area contributed by atoms with Gasteiger partial charge in [-0.3, -0.25) is 4.98 Å². The fourth-order valence-corrected chi connectivity index (χ4v) is 4.12. The summed E-state index contributed by atoms with van der Waals surface area (Å²) in [5, 5.41) is 11.8. The van der Waals surface area contributed by atoms with Gasteiger partial charge in [0.05, 0.1) is 5.69 Å². The second-order valence-electron chi connectivity index (χ2n) is 6.32. The molecule has 0 radical (unpaired) electrons. The van der Waals surface area contributed by atoms with Crippen LogP contribution in [0.1, 0.15) is 31.0 Å². The number of thiazole rings is 1. The predicted octanol–water partition coefficient (Wildman–Crippen LogP) is 5.67. The Morgan fingerprint density at radius 2 is 1.78 bits per heavy atom. The van der Waals surface area contributed by atoms with Crippen LogP contribution in [0, 0.1) is 0 Å². The molecule has 0 unspecified atom stereocenters. The molecule has 5 nitrogen and oxygen atoms in total. The summed E-state index contributed by atoms with van der Waals surface area (Å²) < 4.78 is 5.71. The van der Waals surface area contributed by atoms with Crippen molar-refractivity contribution in [1.29, 1.82) is 0 Å². The van der Waals surface area contributed by atoms with Crippen LogP contribution >= 0.6 is 23.1 Å². The van der Waals surface area contributed by atoms with E-state index in [0.29, 0.717) is 22.8 Å². The quantitative estimate of drug-likeness (QED) is 0.393. The first kappa shape index (κ1) is 17.9. The van der Waals surface area contributed by atoms with E-state index >= 15 is 0 Å². The van der Waals surface area contributed by atoms with Gasteiger partial charge in [0.25, 0.3) is 5.22 Å². The summed E-state index contributed by atoms with van der Waals surface area (Å²) in [6.45, 7) is 4.40. The molecular weight excluding hydrogens is 376 g/mol. The predicted molar refractivity (Wildman–Crippen MR) is 109 cm³/mol. The highest BCUT2D eigenvalue weighted by Gasteiger charge is 2.11. The molecule has 0 aliphatic heterocycles. The largest absolute Gasteiger partial charge is 0.411 e. The Bertz CT molecular complexity index is 1010. The molecule has 0 saturated heterocycles. The standard InChI is InChI=1S/C20H18N4OS2/c1-13(2)14-3-5-16(6-4-14)19-22-17(11-26-19)12-27-20-24-23-18(25-20)15-7-9-21-10-8-15/h3-11,13H,12H2,1-2H3. The van der Waals surface area contributed by atoms with E-state index in [-0.39, 0.29) is 0 Å². The van der Waals surface area contributed by atoms with E-state index in [1.807, 2.05) is 12.1 Å². The van der Waals surface area contributed by atoms with Gasteiger partial charge >= 0.3 is 0 Å². The van der Waals surface area contributed by atoms with Gasteiger partial charge in [-0.15, -0.1) is 21.5 Å². The van der Waals surface area contributed by atoms with Gasteiger partial charge in [0.1, 0.15) is 5.01 Å². The third kappa shape index (κ3) is 4.26. The zero-order valence-corrected chi connectivity index (χ0v) is 16.6. The fraction of sp³-hybridized carbons (Fsp3) is 0.200. The normalized spacial score (nSPS) is 11.2. The maximum atomic E-state index is 5.71. The second-order valence-corrected chi connectivity index (χ2v) is 8.10. The summed E-state index contributed by atoms with van der Waals surface area (Å²) >= 11 is 3.15. The lowest BCUT2D eigenvalue weighted by atomic mass is 10.0. The summed E-state index contributed by atoms with van der Waals surface area (Å²) in [7, 11) is 0. The van der Waals surface area contributed by atoms with Crippen molar-refractivity contribution in [1.82, 2.24) is 20.2 Å². The van der Waals surface area contributed by atoms with Gasteiger partial charge in [0.2, 0.25) is 5.89 Å².